The summed E-state index contributed by atoms with van der Waals surface area (Å²) < 4.78 is 10.7. The molecule has 0 saturated heterocycles. The number of aromatic hydroxyl groups is 1. The van der Waals surface area contributed by atoms with Crippen molar-refractivity contribution in [2.75, 3.05) is 19.5 Å². The summed E-state index contributed by atoms with van der Waals surface area (Å²) >= 11 is 0. The minimum absolute atomic E-state index is 0.0818. The van der Waals surface area contributed by atoms with Crippen LogP contribution in [-0.2, 0) is 4.79 Å². The van der Waals surface area contributed by atoms with Crippen molar-refractivity contribution in [1.29, 1.82) is 5.26 Å². The smallest absolute Gasteiger partial charge is 0.266 e. The molecular weight excluding hydrogens is 356 g/mol. The third-order valence-electron chi connectivity index (χ3n) is 4.23. The van der Waals surface area contributed by atoms with Crippen molar-refractivity contribution in [2.45, 2.75) is 0 Å². The fourth-order valence-corrected chi connectivity index (χ4v) is 2.79. The number of ether oxygens (including phenoxy) is 2. The van der Waals surface area contributed by atoms with Crippen molar-refractivity contribution < 1.29 is 19.4 Å². The number of nitrogens with one attached hydrogen (secondary N) is 1. The SMILES string of the molecule is COc1ccc2ccc(OC)c(/C=C(\C#N)C(=O)Nc3ccc(O)cc3)c2c1. The standard InChI is InChI=1S/C22H18N2O4/c1-27-18-9-3-14-4-10-21(28-2)20(19(14)12-18)11-15(13-23)22(26)24-16-5-7-17(25)8-6-16/h3-12,25H,1-2H3,(H,24,26)/b15-11+. The van der Waals surface area contributed by atoms with Crippen molar-refractivity contribution in [1.82, 2.24) is 0 Å². The zero-order chi connectivity index (χ0) is 20.1. The molecule has 0 bridgehead atoms. The number of fused-ring (bicyclic) bond motifs is 1. The Balaban J connectivity index is 2.05. The van der Waals surface area contributed by atoms with Gasteiger partial charge in [-0.1, -0.05) is 12.1 Å². The Bertz CT molecular complexity index is 1090. The second-order valence-electron chi connectivity index (χ2n) is 5.94. The van der Waals surface area contributed by atoms with E-state index in [4.69, 9.17) is 9.47 Å². The molecule has 3 aromatic rings. The van der Waals surface area contributed by atoms with E-state index >= 15 is 0 Å². The van der Waals surface area contributed by atoms with Gasteiger partial charge in [0.15, 0.2) is 0 Å². The van der Waals surface area contributed by atoms with Gasteiger partial charge in [-0.05, 0) is 59.3 Å². The van der Waals surface area contributed by atoms with Gasteiger partial charge in [-0.15, -0.1) is 0 Å². The summed E-state index contributed by atoms with van der Waals surface area (Å²) in [6.45, 7) is 0. The third kappa shape index (κ3) is 3.89. The van der Waals surface area contributed by atoms with Crippen molar-refractivity contribution >= 4 is 28.4 Å². The van der Waals surface area contributed by atoms with E-state index in [0.717, 1.165) is 10.8 Å². The van der Waals surface area contributed by atoms with Crippen LogP contribution in [0.5, 0.6) is 17.2 Å². The first-order chi connectivity index (χ1) is 13.5. The summed E-state index contributed by atoms with van der Waals surface area (Å²) in [5.74, 6) is 0.715. The van der Waals surface area contributed by atoms with Gasteiger partial charge in [-0.2, -0.15) is 5.26 Å². The van der Waals surface area contributed by atoms with Gasteiger partial charge < -0.3 is 19.9 Å². The van der Waals surface area contributed by atoms with E-state index in [9.17, 15) is 15.2 Å². The molecule has 1 amide bonds. The molecule has 0 aliphatic carbocycles. The monoisotopic (exact) mass is 374 g/mol. The Labute approximate surface area is 162 Å². The van der Waals surface area contributed by atoms with E-state index < -0.39 is 5.91 Å². The van der Waals surface area contributed by atoms with Crippen molar-refractivity contribution in [3.05, 3.63) is 65.7 Å². The van der Waals surface area contributed by atoms with Crippen LogP contribution in [0.4, 0.5) is 5.69 Å². The highest BCUT2D eigenvalue weighted by atomic mass is 16.5. The molecule has 2 N–H and O–H groups in total. The quantitative estimate of drug-likeness (QED) is 0.398. The molecule has 0 spiro atoms. The normalized spacial score (nSPS) is 11.0. The van der Waals surface area contributed by atoms with Crippen LogP contribution in [0, 0.1) is 11.3 Å². The average molecular weight is 374 g/mol. The fourth-order valence-electron chi connectivity index (χ4n) is 2.79. The number of carbonyl (C=O) groups is 1. The number of benzene rings is 3. The lowest BCUT2D eigenvalue weighted by molar-refractivity contribution is -0.112. The maximum Gasteiger partial charge on any atom is 0.266 e. The highest BCUT2D eigenvalue weighted by Gasteiger charge is 2.14. The van der Waals surface area contributed by atoms with E-state index in [0.29, 0.717) is 22.7 Å². The number of rotatable bonds is 5. The number of hydrogen-bond donors (Lipinski definition) is 2. The summed E-state index contributed by atoms with van der Waals surface area (Å²) in [4.78, 5) is 12.6. The Morgan fingerprint density at radius 3 is 2.43 bits per heavy atom. The van der Waals surface area contributed by atoms with E-state index in [1.807, 2.05) is 30.3 Å². The van der Waals surface area contributed by atoms with Crippen LogP contribution in [0.15, 0.2) is 60.2 Å². The maximum atomic E-state index is 12.6. The molecule has 0 saturated carbocycles. The molecule has 3 aromatic carbocycles. The van der Waals surface area contributed by atoms with Gasteiger partial charge in [0, 0.05) is 11.3 Å². The average Bonchev–Trinajstić information content (AvgIpc) is 2.72. The summed E-state index contributed by atoms with van der Waals surface area (Å²) in [5.41, 5.74) is 0.994. The maximum absolute atomic E-state index is 12.6. The fraction of sp³-hybridized carbons (Fsp3) is 0.0909. The number of anilines is 1. The molecule has 6 nitrogen and oxygen atoms in total. The lowest BCUT2D eigenvalue weighted by Gasteiger charge is -2.11. The molecule has 0 atom stereocenters. The van der Waals surface area contributed by atoms with Crippen LogP contribution in [0.1, 0.15) is 5.56 Å². The molecule has 0 aliphatic rings. The zero-order valence-corrected chi connectivity index (χ0v) is 15.4. The number of phenols is 1. The zero-order valence-electron chi connectivity index (χ0n) is 15.4. The minimum Gasteiger partial charge on any atom is -0.508 e. The Morgan fingerprint density at radius 1 is 1.07 bits per heavy atom. The Morgan fingerprint density at radius 2 is 1.79 bits per heavy atom. The largest absolute Gasteiger partial charge is 0.508 e. The molecule has 28 heavy (non-hydrogen) atoms. The van der Waals surface area contributed by atoms with Gasteiger partial charge >= 0.3 is 0 Å². The first kappa shape index (κ1) is 18.8. The molecule has 3 rings (SSSR count). The van der Waals surface area contributed by atoms with Gasteiger partial charge in [0.2, 0.25) is 0 Å². The molecule has 0 radical (unpaired) electrons. The van der Waals surface area contributed by atoms with Crippen LogP contribution in [0.3, 0.4) is 0 Å². The van der Waals surface area contributed by atoms with Gasteiger partial charge in [0.1, 0.15) is 28.9 Å². The predicted octanol–water partition coefficient (Wildman–Crippen LogP) is 4.11. The number of nitriles is 1. The van der Waals surface area contributed by atoms with Gasteiger partial charge in [-0.3, -0.25) is 4.79 Å². The van der Waals surface area contributed by atoms with E-state index in [1.165, 1.54) is 25.3 Å². The van der Waals surface area contributed by atoms with Crippen molar-refractivity contribution in [3.8, 4) is 23.3 Å². The second-order valence-corrected chi connectivity index (χ2v) is 5.94. The molecule has 0 unspecified atom stereocenters. The number of hydrogen-bond acceptors (Lipinski definition) is 5. The summed E-state index contributed by atoms with van der Waals surface area (Å²) in [6, 6.07) is 17.2. The Kier molecular flexibility index (Phi) is 5.47. The van der Waals surface area contributed by atoms with Crippen molar-refractivity contribution in [3.63, 3.8) is 0 Å². The van der Waals surface area contributed by atoms with Gasteiger partial charge in [-0.25, -0.2) is 0 Å². The molecule has 6 heteroatoms. The molecule has 0 aromatic heterocycles. The first-order valence-corrected chi connectivity index (χ1v) is 8.42. The highest BCUT2D eigenvalue weighted by Crippen LogP contribution is 2.32. The number of nitrogens with zero attached hydrogens (tertiary/aromatic N) is 1. The van der Waals surface area contributed by atoms with Crippen LogP contribution < -0.4 is 14.8 Å². The second kappa shape index (κ2) is 8.14. The van der Waals surface area contributed by atoms with Gasteiger partial charge in [0.25, 0.3) is 5.91 Å². The number of methoxy groups -OCH3 is 2. The summed E-state index contributed by atoms with van der Waals surface area (Å²) in [6.07, 6.45) is 1.50. The topological polar surface area (TPSA) is 91.6 Å². The van der Waals surface area contributed by atoms with Gasteiger partial charge in [0.05, 0.1) is 14.2 Å². The summed E-state index contributed by atoms with van der Waals surface area (Å²) in [5, 5.41) is 23.2. The number of phenolic OH excluding ortho intramolecular Hbond substituents is 1. The van der Waals surface area contributed by atoms with Crippen molar-refractivity contribution in [2.24, 2.45) is 0 Å². The highest BCUT2D eigenvalue weighted by molar-refractivity contribution is 6.11. The lowest BCUT2D eigenvalue weighted by Crippen LogP contribution is -2.13. The molecule has 0 aliphatic heterocycles. The van der Waals surface area contributed by atoms with Crippen LogP contribution >= 0.6 is 0 Å². The van der Waals surface area contributed by atoms with Crippen LogP contribution in [-0.4, -0.2) is 25.2 Å². The molecule has 0 heterocycles. The third-order valence-corrected chi connectivity index (χ3v) is 4.23. The predicted molar refractivity (Wildman–Crippen MR) is 107 cm³/mol. The number of carbonyl (C=O) groups excluding carboxylic acids is 1. The lowest BCUT2D eigenvalue weighted by atomic mass is 10.0. The first-order valence-electron chi connectivity index (χ1n) is 8.42. The summed E-state index contributed by atoms with van der Waals surface area (Å²) in [7, 11) is 3.10. The minimum atomic E-state index is -0.560. The molecule has 140 valence electrons. The van der Waals surface area contributed by atoms with Crippen LogP contribution in [0.25, 0.3) is 16.8 Å². The van der Waals surface area contributed by atoms with E-state index in [-0.39, 0.29) is 11.3 Å². The van der Waals surface area contributed by atoms with E-state index in [2.05, 4.69) is 5.32 Å². The Hall–Kier alpha value is -3.98. The molecule has 0 fully saturated rings. The van der Waals surface area contributed by atoms with E-state index in [1.54, 1.807) is 25.3 Å². The molecular formula is C22H18N2O4. The van der Waals surface area contributed by atoms with Crippen LogP contribution in [0.2, 0.25) is 0 Å². The number of amides is 1.